The van der Waals surface area contributed by atoms with Gasteiger partial charge in [-0.15, -0.1) is 0 Å². The van der Waals surface area contributed by atoms with E-state index in [9.17, 15) is 4.79 Å². The summed E-state index contributed by atoms with van der Waals surface area (Å²) < 4.78 is 5.75. The first-order valence-electron chi connectivity index (χ1n) is 5.65. The zero-order valence-corrected chi connectivity index (χ0v) is 10.4. The molecule has 1 N–H and O–H groups in total. The maximum absolute atomic E-state index is 10.8. The van der Waals surface area contributed by atoms with Gasteiger partial charge >= 0.3 is 5.97 Å². The molecule has 4 nitrogen and oxygen atoms in total. The van der Waals surface area contributed by atoms with Gasteiger partial charge in [-0.2, -0.15) is 5.26 Å². The molecule has 0 heterocycles. The van der Waals surface area contributed by atoms with E-state index in [0.29, 0.717) is 16.3 Å². The molecular weight excluding hydrogens is 254 g/mol. The summed E-state index contributed by atoms with van der Waals surface area (Å²) in [6.45, 7) is 0. The quantitative estimate of drug-likeness (QED) is 0.908. The van der Waals surface area contributed by atoms with E-state index >= 15 is 0 Å². The van der Waals surface area contributed by atoms with Crippen LogP contribution in [0.2, 0.25) is 5.02 Å². The maximum Gasteiger partial charge on any atom is 0.307 e. The van der Waals surface area contributed by atoms with Gasteiger partial charge in [-0.05, 0) is 31.4 Å². The molecule has 94 valence electrons. The molecule has 1 aliphatic carbocycles. The molecule has 0 atom stereocenters. The minimum atomic E-state index is -0.866. The van der Waals surface area contributed by atoms with Crippen LogP contribution >= 0.6 is 11.6 Å². The van der Waals surface area contributed by atoms with Gasteiger partial charge in [-0.1, -0.05) is 11.6 Å². The van der Waals surface area contributed by atoms with Gasteiger partial charge in [0.05, 0.1) is 17.0 Å². The number of carboxylic acid groups (broad SMARTS) is 1. The molecule has 18 heavy (non-hydrogen) atoms. The molecule has 0 bridgehead atoms. The lowest BCUT2D eigenvalue weighted by Gasteiger charge is -2.40. The van der Waals surface area contributed by atoms with Crippen LogP contribution in [0, 0.1) is 11.3 Å². The molecule has 1 aromatic carbocycles. The van der Waals surface area contributed by atoms with Crippen molar-refractivity contribution in [1.29, 1.82) is 5.26 Å². The Labute approximate surface area is 110 Å². The molecule has 0 aliphatic heterocycles. The first-order chi connectivity index (χ1) is 8.54. The van der Waals surface area contributed by atoms with Gasteiger partial charge in [0.1, 0.15) is 17.4 Å². The monoisotopic (exact) mass is 265 g/mol. The Morgan fingerprint density at radius 3 is 2.72 bits per heavy atom. The number of nitrogens with zero attached hydrogens (tertiary/aromatic N) is 1. The lowest BCUT2D eigenvalue weighted by atomic mass is 9.77. The Morgan fingerprint density at radius 1 is 1.56 bits per heavy atom. The smallest absolute Gasteiger partial charge is 0.307 e. The highest BCUT2D eigenvalue weighted by Crippen LogP contribution is 2.40. The normalized spacial score (nSPS) is 16.4. The fourth-order valence-electron chi connectivity index (χ4n) is 2.06. The lowest BCUT2D eigenvalue weighted by Crippen LogP contribution is -2.45. The third-order valence-corrected chi connectivity index (χ3v) is 3.45. The zero-order chi connectivity index (χ0) is 13.2. The molecule has 0 spiro atoms. The number of benzene rings is 1. The van der Waals surface area contributed by atoms with Crippen LogP contribution in [0.4, 0.5) is 0 Å². The summed E-state index contributed by atoms with van der Waals surface area (Å²) in [5.41, 5.74) is -0.228. The molecule has 1 aliphatic rings. The third-order valence-electron chi connectivity index (χ3n) is 3.13. The summed E-state index contributed by atoms with van der Waals surface area (Å²) >= 11 is 5.91. The SMILES string of the molecule is N#Cc1ccc(OC2(CC(=O)O)CCC2)cc1Cl. The number of aliphatic carboxylic acids is 1. The highest BCUT2D eigenvalue weighted by Gasteiger charge is 2.41. The van der Waals surface area contributed by atoms with Gasteiger partial charge in [0, 0.05) is 6.07 Å². The number of hydrogen-bond donors (Lipinski definition) is 1. The van der Waals surface area contributed by atoms with Crippen molar-refractivity contribution in [2.24, 2.45) is 0 Å². The van der Waals surface area contributed by atoms with Gasteiger partial charge in [0.2, 0.25) is 0 Å². The highest BCUT2D eigenvalue weighted by atomic mass is 35.5. The average molecular weight is 266 g/mol. The number of ether oxygens (including phenoxy) is 1. The van der Waals surface area contributed by atoms with Gasteiger partial charge in [-0.25, -0.2) is 0 Å². The molecule has 0 radical (unpaired) electrons. The summed E-state index contributed by atoms with van der Waals surface area (Å²) in [5, 5.41) is 18.0. The van der Waals surface area contributed by atoms with Crippen LogP contribution in [-0.4, -0.2) is 16.7 Å². The molecule has 2 rings (SSSR count). The minimum absolute atomic E-state index is 0.00931. The van der Waals surface area contributed by atoms with Crippen LogP contribution in [0.25, 0.3) is 0 Å². The fourth-order valence-corrected chi connectivity index (χ4v) is 2.27. The standard InChI is InChI=1S/C13H12ClNO3/c14-11-6-10(3-2-9(11)8-15)18-13(4-1-5-13)7-12(16)17/h2-3,6H,1,4-5,7H2,(H,16,17). The van der Waals surface area contributed by atoms with E-state index in [1.165, 1.54) is 0 Å². The summed E-state index contributed by atoms with van der Waals surface area (Å²) in [7, 11) is 0. The van der Waals surface area contributed by atoms with Crippen molar-refractivity contribution in [1.82, 2.24) is 0 Å². The second kappa shape index (κ2) is 4.87. The van der Waals surface area contributed by atoms with Crippen LogP contribution in [-0.2, 0) is 4.79 Å². The van der Waals surface area contributed by atoms with Crippen molar-refractivity contribution in [2.45, 2.75) is 31.3 Å². The Hall–Kier alpha value is -1.73. The Kier molecular flexibility index (Phi) is 3.44. The fraction of sp³-hybridized carbons (Fsp3) is 0.385. The molecule has 1 saturated carbocycles. The van der Waals surface area contributed by atoms with Crippen LogP contribution in [0.5, 0.6) is 5.75 Å². The Bertz CT molecular complexity index is 517. The number of halogens is 1. The van der Waals surface area contributed by atoms with Crippen molar-refractivity contribution >= 4 is 17.6 Å². The molecule has 1 aromatic rings. The second-order valence-corrected chi connectivity index (χ2v) is 4.87. The van der Waals surface area contributed by atoms with Crippen molar-refractivity contribution in [3.8, 4) is 11.8 Å². The topological polar surface area (TPSA) is 70.3 Å². The predicted octanol–water partition coefficient (Wildman–Crippen LogP) is 2.99. The van der Waals surface area contributed by atoms with Gasteiger partial charge in [0.25, 0.3) is 0 Å². The van der Waals surface area contributed by atoms with E-state index in [4.69, 9.17) is 26.7 Å². The van der Waals surface area contributed by atoms with Crippen molar-refractivity contribution in [3.05, 3.63) is 28.8 Å². The number of nitriles is 1. The lowest BCUT2D eigenvalue weighted by molar-refractivity contribution is -0.144. The molecule has 0 aromatic heterocycles. The minimum Gasteiger partial charge on any atom is -0.487 e. The summed E-state index contributed by atoms with van der Waals surface area (Å²) in [5.74, 6) is -0.352. The number of hydrogen-bond acceptors (Lipinski definition) is 3. The molecule has 5 heteroatoms. The molecule has 0 saturated heterocycles. The maximum atomic E-state index is 10.8. The molecule has 0 unspecified atom stereocenters. The Morgan fingerprint density at radius 2 is 2.28 bits per heavy atom. The highest BCUT2D eigenvalue weighted by molar-refractivity contribution is 6.31. The van der Waals surface area contributed by atoms with Crippen molar-refractivity contribution in [2.75, 3.05) is 0 Å². The summed E-state index contributed by atoms with van der Waals surface area (Å²) in [4.78, 5) is 10.8. The van der Waals surface area contributed by atoms with Gasteiger partial charge < -0.3 is 9.84 Å². The second-order valence-electron chi connectivity index (χ2n) is 4.46. The number of carbonyl (C=O) groups is 1. The van der Waals surface area contributed by atoms with Crippen molar-refractivity contribution in [3.63, 3.8) is 0 Å². The largest absolute Gasteiger partial charge is 0.487 e. The van der Waals surface area contributed by atoms with E-state index in [2.05, 4.69) is 0 Å². The van der Waals surface area contributed by atoms with E-state index < -0.39 is 11.6 Å². The summed E-state index contributed by atoms with van der Waals surface area (Å²) in [6, 6.07) is 6.74. The van der Waals surface area contributed by atoms with E-state index in [0.717, 1.165) is 19.3 Å². The van der Waals surface area contributed by atoms with E-state index in [1.54, 1.807) is 18.2 Å². The summed E-state index contributed by atoms with van der Waals surface area (Å²) in [6.07, 6.45) is 2.43. The average Bonchev–Trinajstić information content (AvgIpc) is 2.25. The van der Waals surface area contributed by atoms with Crippen LogP contribution in [0.1, 0.15) is 31.2 Å². The van der Waals surface area contributed by atoms with Crippen LogP contribution in [0.15, 0.2) is 18.2 Å². The zero-order valence-electron chi connectivity index (χ0n) is 9.65. The number of carboxylic acids is 1. The predicted molar refractivity (Wildman–Crippen MR) is 65.6 cm³/mol. The van der Waals surface area contributed by atoms with Crippen LogP contribution in [0.3, 0.4) is 0 Å². The van der Waals surface area contributed by atoms with E-state index in [1.807, 2.05) is 6.07 Å². The molecule has 1 fully saturated rings. The van der Waals surface area contributed by atoms with Crippen LogP contribution < -0.4 is 4.74 Å². The molecular formula is C13H12ClNO3. The van der Waals surface area contributed by atoms with Crippen molar-refractivity contribution < 1.29 is 14.6 Å². The molecule has 0 amide bonds. The first kappa shape index (κ1) is 12.7. The van der Waals surface area contributed by atoms with Gasteiger partial charge in [-0.3, -0.25) is 4.79 Å². The number of rotatable bonds is 4. The third kappa shape index (κ3) is 2.57. The van der Waals surface area contributed by atoms with Gasteiger partial charge in [0.15, 0.2) is 0 Å². The Balaban J connectivity index is 2.15. The van der Waals surface area contributed by atoms with E-state index in [-0.39, 0.29) is 6.42 Å². The first-order valence-corrected chi connectivity index (χ1v) is 6.03.